The Hall–Kier alpha value is -2.65. The van der Waals surface area contributed by atoms with Gasteiger partial charge in [-0.25, -0.2) is 0 Å². The van der Waals surface area contributed by atoms with Crippen molar-refractivity contribution in [2.75, 3.05) is 13.1 Å². The molecule has 3 aromatic rings. The number of hydrogen-bond acceptors (Lipinski definition) is 2. The van der Waals surface area contributed by atoms with Crippen LogP contribution < -0.4 is 5.32 Å². The van der Waals surface area contributed by atoms with Crippen LogP contribution in [-0.2, 0) is 6.54 Å². The monoisotopic (exact) mass is 358 g/mol. The Morgan fingerprint density at radius 1 is 1.00 bits per heavy atom. The van der Waals surface area contributed by atoms with Crippen LogP contribution in [0.5, 0.6) is 0 Å². The number of piperidine rings is 1. The molecule has 4 rings (SSSR count). The third kappa shape index (κ3) is 4.20. The van der Waals surface area contributed by atoms with Crippen molar-refractivity contribution in [1.82, 2.24) is 10.2 Å². The van der Waals surface area contributed by atoms with Crippen LogP contribution in [0.3, 0.4) is 0 Å². The average molecular weight is 358 g/mol. The lowest BCUT2D eigenvalue weighted by molar-refractivity contribution is 0.0860. The van der Waals surface area contributed by atoms with Crippen molar-refractivity contribution in [2.24, 2.45) is 5.92 Å². The van der Waals surface area contributed by atoms with E-state index in [1.807, 2.05) is 30.3 Å². The molecule has 0 radical (unpaired) electrons. The van der Waals surface area contributed by atoms with Gasteiger partial charge in [-0.3, -0.25) is 9.69 Å². The van der Waals surface area contributed by atoms with E-state index >= 15 is 0 Å². The Morgan fingerprint density at radius 3 is 2.52 bits per heavy atom. The average Bonchev–Trinajstić information content (AvgIpc) is 2.70. The quantitative estimate of drug-likeness (QED) is 0.746. The van der Waals surface area contributed by atoms with Crippen molar-refractivity contribution in [3.05, 3.63) is 83.9 Å². The van der Waals surface area contributed by atoms with Crippen LogP contribution in [0.2, 0.25) is 0 Å². The SMILES string of the molecule is CC1CN(Cc2ccccc2)CCC1NC(=O)c1ccc2ccccc2c1. The lowest BCUT2D eigenvalue weighted by atomic mass is 9.93. The van der Waals surface area contributed by atoms with Crippen molar-refractivity contribution in [2.45, 2.75) is 25.9 Å². The summed E-state index contributed by atoms with van der Waals surface area (Å²) < 4.78 is 0. The van der Waals surface area contributed by atoms with E-state index in [1.54, 1.807) is 0 Å². The number of rotatable bonds is 4. The van der Waals surface area contributed by atoms with E-state index in [9.17, 15) is 4.79 Å². The number of hydrogen-bond donors (Lipinski definition) is 1. The van der Waals surface area contributed by atoms with Crippen LogP contribution in [0, 0.1) is 5.92 Å². The topological polar surface area (TPSA) is 32.3 Å². The van der Waals surface area contributed by atoms with Crippen LogP contribution in [0.1, 0.15) is 29.3 Å². The minimum absolute atomic E-state index is 0.0362. The molecule has 138 valence electrons. The molecule has 0 bridgehead atoms. The first-order chi connectivity index (χ1) is 13.2. The van der Waals surface area contributed by atoms with Crippen molar-refractivity contribution >= 4 is 16.7 Å². The molecule has 1 fully saturated rings. The number of carbonyl (C=O) groups excluding carboxylic acids is 1. The molecular formula is C24H26N2O. The Morgan fingerprint density at radius 2 is 1.74 bits per heavy atom. The summed E-state index contributed by atoms with van der Waals surface area (Å²) >= 11 is 0. The second kappa shape index (κ2) is 7.93. The second-order valence-electron chi connectivity index (χ2n) is 7.63. The highest BCUT2D eigenvalue weighted by molar-refractivity contribution is 5.98. The van der Waals surface area contributed by atoms with Crippen LogP contribution >= 0.6 is 0 Å². The molecule has 3 aromatic carbocycles. The Balaban J connectivity index is 1.37. The van der Waals surface area contributed by atoms with Crippen LogP contribution in [0.4, 0.5) is 0 Å². The first-order valence-electron chi connectivity index (χ1n) is 9.75. The van der Waals surface area contributed by atoms with Gasteiger partial charge in [0.15, 0.2) is 0 Å². The largest absolute Gasteiger partial charge is 0.349 e. The highest BCUT2D eigenvalue weighted by Crippen LogP contribution is 2.20. The Kier molecular flexibility index (Phi) is 5.21. The third-order valence-electron chi connectivity index (χ3n) is 5.57. The molecule has 1 heterocycles. The van der Waals surface area contributed by atoms with Gasteiger partial charge in [0.2, 0.25) is 0 Å². The smallest absolute Gasteiger partial charge is 0.251 e. The molecule has 2 atom stereocenters. The molecule has 1 aliphatic heterocycles. The van der Waals surface area contributed by atoms with Crippen LogP contribution in [0.25, 0.3) is 10.8 Å². The number of nitrogens with one attached hydrogen (secondary N) is 1. The van der Waals surface area contributed by atoms with Gasteiger partial charge in [0, 0.05) is 31.2 Å². The molecule has 3 nitrogen and oxygen atoms in total. The Labute approximate surface area is 161 Å². The van der Waals surface area contributed by atoms with E-state index < -0.39 is 0 Å². The molecule has 1 saturated heterocycles. The van der Waals surface area contributed by atoms with Crippen molar-refractivity contribution in [3.63, 3.8) is 0 Å². The lowest BCUT2D eigenvalue weighted by Crippen LogP contribution is -2.49. The molecule has 1 N–H and O–H groups in total. The molecule has 1 amide bonds. The lowest BCUT2D eigenvalue weighted by Gasteiger charge is -2.37. The van der Waals surface area contributed by atoms with Gasteiger partial charge in [-0.15, -0.1) is 0 Å². The molecule has 0 spiro atoms. The number of fused-ring (bicyclic) bond motifs is 1. The van der Waals surface area contributed by atoms with E-state index in [0.717, 1.165) is 42.4 Å². The summed E-state index contributed by atoms with van der Waals surface area (Å²) in [7, 11) is 0. The maximum atomic E-state index is 12.7. The normalized spacial score (nSPS) is 20.5. The fourth-order valence-electron chi connectivity index (χ4n) is 4.01. The van der Waals surface area contributed by atoms with Crippen molar-refractivity contribution < 1.29 is 4.79 Å². The van der Waals surface area contributed by atoms with Crippen molar-refractivity contribution in [1.29, 1.82) is 0 Å². The van der Waals surface area contributed by atoms with Gasteiger partial charge in [0.1, 0.15) is 0 Å². The molecule has 0 aliphatic carbocycles. The third-order valence-corrected chi connectivity index (χ3v) is 5.57. The van der Waals surface area contributed by atoms with Gasteiger partial charge in [-0.2, -0.15) is 0 Å². The van der Waals surface area contributed by atoms with Crippen LogP contribution in [0.15, 0.2) is 72.8 Å². The molecular weight excluding hydrogens is 332 g/mol. The standard InChI is InChI=1S/C24H26N2O/c1-18-16-26(17-19-7-3-2-4-8-19)14-13-23(18)25-24(27)22-12-11-20-9-5-6-10-21(20)15-22/h2-12,15,18,23H,13-14,16-17H2,1H3,(H,25,27). The molecule has 0 aromatic heterocycles. The number of likely N-dealkylation sites (tertiary alicyclic amines) is 1. The van der Waals surface area contributed by atoms with Gasteiger partial charge >= 0.3 is 0 Å². The first-order valence-corrected chi connectivity index (χ1v) is 9.75. The fourth-order valence-corrected chi connectivity index (χ4v) is 4.01. The summed E-state index contributed by atoms with van der Waals surface area (Å²) in [6.45, 7) is 5.25. The molecule has 3 heteroatoms. The zero-order valence-corrected chi connectivity index (χ0v) is 15.8. The zero-order chi connectivity index (χ0) is 18.6. The zero-order valence-electron chi connectivity index (χ0n) is 15.8. The van der Waals surface area contributed by atoms with Gasteiger partial charge in [0.05, 0.1) is 0 Å². The van der Waals surface area contributed by atoms with Crippen LogP contribution in [-0.4, -0.2) is 29.9 Å². The molecule has 2 unspecified atom stereocenters. The van der Waals surface area contributed by atoms with E-state index in [0.29, 0.717) is 5.92 Å². The summed E-state index contributed by atoms with van der Waals surface area (Å²) in [5, 5.41) is 5.54. The summed E-state index contributed by atoms with van der Waals surface area (Å²) in [6, 6.07) is 24.9. The number of amides is 1. The summed E-state index contributed by atoms with van der Waals surface area (Å²) in [5.41, 5.74) is 2.09. The van der Waals surface area contributed by atoms with E-state index in [4.69, 9.17) is 0 Å². The van der Waals surface area contributed by atoms with E-state index in [1.165, 1.54) is 5.56 Å². The van der Waals surface area contributed by atoms with E-state index in [-0.39, 0.29) is 11.9 Å². The summed E-state index contributed by atoms with van der Waals surface area (Å²) in [6.07, 6.45) is 0.993. The van der Waals surface area contributed by atoms with Crippen molar-refractivity contribution in [3.8, 4) is 0 Å². The molecule has 0 saturated carbocycles. The minimum Gasteiger partial charge on any atom is -0.349 e. The summed E-state index contributed by atoms with van der Waals surface area (Å²) in [5.74, 6) is 0.473. The minimum atomic E-state index is 0.0362. The predicted octanol–water partition coefficient (Wildman–Crippen LogP) is 4.48. The van der Waals surface area contributed by atoms with E-state index in [2.05, 4.69) is 59.6 Å². The van der Waals surface area contributed by atoms with Gasteiger partial charge in [-0.1, -0.05) is 67.6 Å². The maximum Gasteiger partial charge on any atom is 0.251 e. The van der Waals surface area contributed by atoms with Gasteiger partial charge in [-0.05, 0) is 40.8 Å². The highest BCUT2D eigenvalue weighted by atomic mass is 16.1. The van der Waals surface area contributed by atoms with Gasteiger partial charge < -0.3 is 5.32 Å². The molecule has 1 aliphatic rings. The number of carbonyl (C=O) groups is 1. The second-order valence-corrected chi connectivity index (χ2v) is 7.63. The number of benzene rings is 3. The van der Waals surface area contributed by atoms with Gasteiger partial charge in [0.25, 0.3) is 5.91 Å². The maximum absolute atomic E-state index is 12.7. The Bertz CT molecular complexity index is 922. The molecule has 27 heavy (non-hydrogen) atoms. The summed E-state index contributed by atoms with van der Waals surface area (Å²) in [4.78, 5) is 15.2. The highest BCUT2D eigenvalue weighted by Gasteiger charge is 2.27. The fraction of sp³-hybridized carbons (Fsp3) is 0.292. The number of nitrogens with zero attached hydrogens (tertiary/aromatic N) is 1. The predicted molar refractivity (Wildman–Crippen MR) is 111 cm³/mol. The first kappa shape index (κ1) is 17.7.